The van der Waals surface area contributed by atoms with Gasteiger partial charge in [-0.2, -0.15) is 0 Å². The van der Waals surface area contributed by atoms with Gasteiger partial charge in [-0.05, 0) is 49.3 Å². The monoisotopic (exact) mass is 203 g/mol. The summed E-state index contributed by atoms with van der Waals surface area (Å²) in [6.07, 6.45) is 7.20. The van der Waals surface area contributed by atoms with Crippen LogP contribution in [0.1, 0.15) is 42.7 Å². The number of nitrogens with two attached hydrogens (primary N) is 1. The fraction of sp³-hybridized carbons (Fsp3) is 0.571. The second kappa shape index (κ2) is 4.80. The summed E-state index contributed by atoms with van der Waals surface area (Å²) >= 11 is 0. The molecule has 1 fully saturated rings. The Morgan fingerprint density at radius 2 is 1.93 bits per heavy atom. The van der Waals surface area contributed by atoms with Crippen molar-refractivity contribution < 1.29 is 0 Å². The Kier molecular flexibility index (Phi) is 3.42. The van der Waals surface area contributed by atoms with Crippen molar-refractivity contribution >= 4 is 0 Å². The van der Waals surface area contributed by atoms with Gasteiger partial charge in [0.05, 0.1) is 0 Å². The Morgan fingerprint density at radius 3 is 2.80 bits per heavy atom. The molecule has 0 heterocycles. The average molecular weight is 203 g/mol. The van der Waals surface area contributed by atoms with Gasteiger partial charge in [0.15, 0.2) is 0 Å². The molecule has 0 spiro atoms. The van der Waals surface area contributed by atoms with Crippen molar-refractivity contribution in [3.63, 3.8) is 0 Å². The largest absolute Gasteiger partial charge is 0.333 e. The van der Waals surface area contributed by atoms with E-state index < -0.39 is 0 Å². The van der Waals surface area contributed by atoms with Crippen LogP contribution < -0.4 is 5.73 Å². The topological polar surface area (TPSA) is 26.0 Å². The molecule has 1 heteroatoms. The lowest BCUT2D eigenvalue weighted by atomic mass is 9.69. The van der Waals surface area contributed by atoms with Gasteiger partial charge in [0.25, 0.3) is 0 Å². The Hall–Kier alpha value is -0.820. The summed E-state index contributed by atoms with van der Waals surface area (Å²) < 4.78 is 0. The number of rotatable bonds is 0. The van der Waals surface area contributed by atoms with Gasteiger partial charge in [-0.25, -0.2) is 0 Å². The van der Waals surface area contributed by atoms with Crippen molar-refractivity contribution in [2.75, 3.05) is 7.05 Å². The molecule has 1 nitrogen and oxygen atoms in total. The second-order valence-corrected chi connectivity index (χ2v) is 4.63. The van der Waals surface area contributed by atoms with Crippen molar-refractivity contribution in [3.8, 4) is 0 Å². The molecule has 3 rings (SSSR count). The van der Waals surface area contributed by atoms with Crippen molar-refractivity contribution in [1.29, 1.82) is 0 Å². The summed E-state index contributed by atoms with van der Waals surface area (Å²) in [6, 6.07) is 9.08. The van der Waals surface area contributed by atoms with Gasteiger partial charge in [0, 0.05) is 0 Å². The molecule has 1 aromatic rings. The van der Waals surface area contributed by atoms with Crippen LogP contribution in [0.15, 0.2) is 24.3 Å². The maximum atomic E-state index is 4.50. The smallest absolute Gasteiger partial charge is 0.0156 e. The van der Waals surface area contributed by atoms with Gasteiger partial charge in [-0.15, -0.1) is 0 Å². The summed E-state index contributed by atoms with van der Waals surface area (Å²) in [7, 11) is 1.50. The van der Waals surface area contributed by atoms with Crippen LogP contribution in [0.25, 0.3) is 0 Å². The zero-order valence-electron chi connectivity index (χ0n) is 9.58. The minimum absolute atomic E-state index is 0.906. The Balaban J connectivity index is 0.000000404. The number of fused-ring (bicyclic) bond motifs is 4. The third-order valence-electron chi connectivity index (χ3n) is 3.79. The van der Waals surface area contributed by atoms with Crippen molar-refractivity contribution in [2.45, 2.75) is 38.0 Å². The molecule has 15 heavy (non-hydrogen) atoms. The van der Waals surface area contributed by atoms with Crippen LogP contribution in [0.2, 0.25) is 0 Å². The zero-order chi connectivity index (χ0) is 10.7. The first kappa shape index (κ1) is 10.7. The molecule has 2 unspecified atom stereocenters. The third-order valence-corrected chi connectivity index (χ3v) is 3.79. The molecule has 2 N–H and O–H groups in total. The molecule has 2 aliphatic rings. The predicted octanol–water partition coefficient (Wildman–Crippen LogP) is 3.09. The third kappa shape index (κ3) is 2.07. The summed E-state index contributed by atoms with van der Waals surface area (Å²) in [4.78, 5) is 0. The highest BCUT2D eigenvalue weighted by molar-refractivity contribution is 5.33. The molecule has 0 aliphatic heterocycles. The molecule has 2 atom stereocenters. The first-order chi connectivity index (χ1) is 7.43. The molecular formula is C14H21N. The minimum atomic E-state index is 0.906. The fourth-order valence-electron chi connectivity index (χ4n) is 3.19. The van der Waals surface area contributed by atoms with Crippen LogP contribution in [0.5, 0.6) is 0 Å². The quantitative estimate of drug-likeness (QED) is 0.689. The standard InChI is InChI=1S/C13H16.CH5N/c1-2-7-13-11(5-1)8-10-4-3-6-12(13)9-10;1-2/h1-2,5,7,10,12H,3-4,6,8-9H2;2H2,1H3. The zero-order valence-corrected chi connectivity index (χ0v) is 9.58. The average Bonchev–Trinajstić information content (AvgIpc) is 2.32. The van der Waals surface area contributed by atoms with Crippen LogP contribution in [0.4, 0.5) is 0 Å². The molecule has 0 saturated heterocycles. The van der Waals surface area contributed by atoms with E-state index in [1.165, 1.54) is 39.2 Å². The number of hydrogen-bond donors (Lipinski definition) is 1. The van der Waals surface area contributed by atoms with Gasteiger partial charge in [0.2, 0.25) is 0 Å². The SMILES string of the molecule is CN.c1ccc2c(c1)CC1CCCC2C1. The van der Waals surface area contributed by atoms with E-state index in [0.29, 0.717) is 0 Å². The van der Waals surface area contributed by atoms with Gasteiger partial charge in [0.1, 0.15) is 0 Å². The lowest BCUT2D eigenvalue weighted by molar-refractivity contribution is 0.299. The van der Waals surface area contributed by atoms with E-state index in [2.05, 4.69) is 30.0 Å². The van der Waals surface area contributed by atoms with E-state index in [4.69, 9.17) is 0 Å². The fourth-order valence-corrected chi connectivity index (χ4v) is 3.19. The Bertz CT molecular complexity index is 319. The van der Waals surface area contributed by atoms with Gasteiger partial charge < -0.3 is 5.73 Å². The van der Waals surface area contributed by atoms with Crippen molar-refractivity contribution in [2.24, 2.45) is 11.7 Å². The van der Waals surface area contributed by atoms with E-state index in [0.717, 1.165) is 11.8 Å². The molecule has 1 saturated carbocycles. The summed E-state index contributed by atoms with van der Waals surface area (Å²) in [6.45, 7) is 0. The normalized spacial score (nSPS) is 27.3. The minimum Gasteiger partial charge on any atom is -0.333 e. The van der Waals surface area contributed by atoms with Crippen molar-refractivity contribution in [3.05, 3.63) is 35.4 Å². The first-order valence-electron chi connectivity index (χ1n) is 6.09. The van der Waals surface area contributed by atoms with E-state index in [1.807, 2.05) is 0 Å². The maximum absolute atomic E-state index is 4.50. The van der Waals surface area contributed by atoms with Gasteiger partial charge in [-0.1, -0.05) is 37.1 Å². The highest BCUT2D eigenvalue weighted by Gasteiger charge is 2.29. The lowest BCUT2D eigenvalue weighted by Crippen LogP contribution is -2.22. The highest BCUT2D eigenvalue weighted by Crippen LogP contribution is 2.43. The Labute approximate surface area is 92.7 Å². The molecule has 2 aliphatic carbocycles. The summed E-state index contributed by atoms with van der Waals surface area (Å²) in [5.41, 5.74) is 7.81. The van der Waals surface area contributed by atoms with Crippen LogP contribution in [0, 0.1) is 5.92 Å². The summed E-state index contributed by atoms with van der Waals surface area (Å²) in [5, 5.41) is 0. The Morgan fingerprint density at radius 1 is 1.13 bits per heavy atom. The molecule has 0 aromatic heterocycles. The van der Waals surface area contributed by atoms with Gasteiger partial charge in [-0.3, -0.25) is 0 Å². The van der Waals surface area contributed by atoms with Crippen molar-refractivity contribution in [1.82, 2.24) is 0 Å². The van der Waals surface area contributed by atoms with E-state index in [9.17, 15) is 0 Å². The lowest BCUT2D eigenvalue weighted by Gasteiger charge is -2.36. The van der Waals surface area contributed by atoms with Crippen LogP contribution in [-0.4, -0.2) is 7.05 Å². The van der Waals surface area contributed by atoms with Crippen LogP contribution in [0.3, 0.4) is 0 Å². The second-order valence-electron chi connectivity index (χ2n) is 4.63. The molecule has 2 bridgehead atoms. The predicted molar refractivity (Wildman–Crippen MR) is 65.0 cm³/mol. The van der Waals surface area contributed by atoms with E-state index >= 15 is 0 Å². The number of benzene rings is 1. The molecule has 82 valence electrons. The van der Waals surface area contributed by atoms with Gasteiger partial charge >= 0.3 is 0 Å². The number of hydrogen-bond acceptors (Lipinski definition) is 1. The maximum Gasteiger partial charge on any atom is -0.0156 e. The van der Waals surface area contributed by atoms with E-state index in [1.54, 1.807) is 11.1 Å². The molecule has 1 aromatic carbocycles. The van der Waals surface area contributed by atoms with E-state index in [-0.39, 0.29) is 0 Å². The molecule has 0 radical (unpaired) electrons. The first-order valence-corrected chi connectivity index (χ1v) is 6.09. The van der Waals surface area contributed by atoms with Crippen LogP contribution >= 0.6 is 0 Å². The van der Waals surface area contributed by atoms with Crippen LogP contribution in [-0.2, 0) is 6.42 Å². The highest BCUT2D eigenvalue weighted by atomic mass is 14.4. The molecule has 0 amide bonds. The molecular weight excluding hydrogens is 182 g/mol. The summed E-state index contributed by atoms with van der Waals surface area (Å²) in [5.74, 6) is 1.91.